The van der Waals surface area contributed by atoms with Crippen molar-refractivity contribution in [2.45, 2.75) is 19.9 Å². The van der Waals surface area contributed by atoms with Crippen LogP contribution >= 0.6 is 11.6 Å². The molecule has 0 fully saturated rings. The number of pyridine rings is 1. The monoisotopic (exact) mass is 313 g/mol. The molecule has 0 saturated heterocycles. The van der Waals surface area contributed by atoms with E-state index in [-0.39, 0.29) is 6.04 Å². The molecular formula is C18H20ClN3. The van der Waals surface area contributed by atoms with Crippen molar-refractivity contribution >= 4 is 22.5 Å². The van der Waals surface area contributed by atoms with E-state index in [0.717, 1.165) is 29.0 Å². The third-order valence-electron chi connectivity index (χ3n) is 4.18. The van der Waals surface area contributed by atoms with Crippen molar-refractivity contribution < 1.29 is 0 Å². The molecule has 0 aliphatic carbocycles. The van der Waals surface area contributed by atoms with Gasteiger partial charge >= 0.3 is 0 Å². The van der Waals surface area contributed by atoms with E-state index in [1.54, 1.807) is 0 Å². The Hall–Kier alpha value is -1.84. The number of hydrogen-bond acceptors (Lipinski definition) is 2. The van der Waals surface area contributed by atoms with Crippen LogP contribution in [0, 0.1) is 0 Å². The van der Waals surface area contributed by atoms with Crippen LogP contribution < -0.4 is 0 Å². The molecule has 0 radical (unpaired) electrons. The van der Waals surface area contributed by atoms with Gasteiger partial charge in [-0.3, -0.25) is 9.88 Å². The van der Waals surface area contributed by atoms with E-state index in [4.69, 9.17) is 11.6 Å². The molecule has 1 unspecified atom stereocenters. The summed E-state index contributed by atoms with van der Waals surface area (Å²) in [4.78, 5) is 9.93. The topological polar surface area (TPSA) is 31.9 Å². The molecule has 0 bridgehead atoms. The Morgan fingerprint density at radius 2 is 1.86 bits per heavy atom. The first kappa shape index (κ1) is 15.1. The molecule has 0 amide bonds. The quantitative estimate of drug-likeness (QED) is 0.743. The van der Waals surface area contributed by atoms with Gasteiger partial charge in [-0.05, 0) is 42.9 Å². The molecule has 2 heterocycles. The maximum Gasteiger partial charge on any atom is 0.0624 e. The highest BCUT2D eigenvalue weighted by molar-refractivity contribution is 6.35. The number of benzene rings is 1. The molecule has 1 aromatic carbocycles. The smallest absolute Gasteiger partial charge is 0.0624 e. The Morgan fingerprint density at radius 3 is 2.55 bits per heavy atom. The molecule has 3 nitrogen and oxygen atoms in total. The number of fused-ring (bicyclic) bond motifs is 1. The normalized spacial score (nSPS) is 12.9. The second-order valence-corrected chi connectivity index (χ2v) is 5.72. The number of rotatable bonds is 5. The highest BCUT2D eigenvalue weighted by Crippen LogP contribution is 2.36. The van der Waals surface area contributed by atoms with Crippen LogP contribution in [0.5, 0.6) is 0 Å². The molecule has 2 aromatic heterocycles. The minimum absolute atomic E-state index is 0.173. The van der Waals surface area contributed by atoms with Gasteiger partial charge in [0.2, 0.25) is 0 Å². The Morgan fingerprint density at radius 1 is 1.14 bits per heavy atom. The number of hydrogen-bond donors (Lipinski definition) is 1. The zero-order valence-electron chi connectivity index (χ0n) is 12.9. The van der Waals surface area contributed by atoms with Crippen molar-refractivity contribution in [2.24, 2.45) is 0 Å². The van der Waals surface area contributed by atoms with Crippen LogP contribution in [0.15, 0.2) is 48.9 Å². The summed E-state index contributed by atoms with van der Waals surface area (Å²) in [6.07, 6.45) is 5.78. The van der Waals surface area contributed by atoms with Gasteiger partial charge in [0.1, 0.15) is 0 Å². The molecular weight excluding hydrogens is 294 g/mol. The first-order chi connectivity index (χ1) is 10.8. The number of aromatic amines is 1. The van der Waals surface area contributed by atoms with Crippen molar-refractivity contribution in [2.75, 3.05) is 13.1 Å². The summed E-state index contributed by atoms with van der Waals surface area (Å²) in [5.41, 5.74) is 3.53. The van der Waals surface area contributed by atoms with Gasteiger partial charge in [-0.25, -0.2) is 0 Å². The molecule has 0 aliphatic heterocycles. The fourth-order valence-electron chi connectivity index (χ4n) is 3.10. The van der Waals surface area contributed by atoms with Crippen LogP contribution in [-0.2, 0) is 0 Å². The predicted molar refractivity (Wildman–Crippen MR) is 92.3 cm³/mol. The standard InChI is InChI=1S/C18H20ClN3/c1-3-22(4-2)18(13-8-10-20-11-9-13)14-12-21-16-7-5-6-15(19)17(14)16/h5-12,18,21H,3-4H2,1-2H3. The molecule has 0 aliphatic rings. The maximum atomic E-state index is 6.48. The zero-order valence-corrected chi connectivity index (χ0v) is 13.6. The van der Waals surface area contributed by atoms with Crippen molar-refractivity contribution in [1.82, 2.24) is 14.9 Å². The van der Waals surface area contributed by atoms with Crippen LogP contribution in [0.3, 0.4) is 0 Å². The lowest BCUT2D eigenvalue weighted by Crippen LogP contribution is -2.29. The van der Waals surface area contributed by atoms with Crippen molar-refractivity contribution in [3.8, 4) is 0 Å². The summed E-state index contributed by atoms with van der Waals surface area (Å²) in [7, 11) is 0. The molecule has 3 rings (SSSR count). The second-order valence-electron chi connectivity index (χ2n) is 5.31. The zero-order chi connectivity index (χ0) is 15.5. The highest BCUT2D eigenvalue weighted by atomic mass is 35.5. The van der Waals surface area contributed by atoms with E-state index < -0.39 is 0 Å². The number of halogens is 1. The van der Waals surface area contributed by atoms with Gasteiger partial charge < -0.3 is 4.98 Å². The van der Waals surface area contributed by atoms with E-state index in [1.165, 1.54) is 11.1 Å². The van der Waals surface area contributed by atoms with Crippen molar-refractivity contribution in [3.63, 3.8) is 0 Å². The second kappa shape index (κ2) is 6.51. The van der Waals surface area contributed by atoms with E-state index in [0.29, 0.717) is 0 Å². The van der Waals surface area contributed by atoms with Crippen LogP contribution in [0.1, 0.15) is 31.0 Å². The molecule has 0 spiro atoms. The van der Waals surface area contributed by atoms with Gasteiger partial charge in [0, 0.05) is 35.1 Å². The van der Waals surface area contributed by atoms with E-state index in [9.17, 15) is 0 Å². The molecule has 3 aromatic rings. The fourth-order valence-corrected chi connectivity index (χ4v) is 3.39. The minimum atomic E-state index is 0.173. The SMILES string of the molecule is CCN(CC)C(c1ccncc1)c1c[nH]c2cccc(Cl)c12. The van der Waals surface area contributed by atoms with Gasteiger partial charge in [-0.15, -0.1) is 0 Å². The van der Waals surface area contributed by atoms with Gasteiger partial charge in [0.25, 0.3) is 0 Å². The number of nitrogens with zero attached hydrogens (tertiary/aromatic N) is 2. The van der Waals surface area contributed by atoms with Gasteiger partial charge in [0.05, 0.1) is 11.1 Å². The Bertz CT molecular complexity index is 747. The number of nitrogens with one attached hydrogen (secondary N) is 1. The van der Waals surface area contributed by atoms with Gasteiger partial charge in [-0.2, -0.15) is 0 Å². The molecule has 0 saturated carbocycles. The molecule has 1 N–H and O–H groups in total. The van der Waals surface area contributed by atoms with Crippen LogP contribution in [0.4, 0.5) is 0 Å². The molecule has 1 atom stereocenters. The number of aromatic nitrogens is 2. The van der Waals surface area contributed by atoms with Gasteiger partial charge in [0.15, 0.2) is 0 Å². The number of H-pyrrole nitrogens is 1. The molecule has 22 heavy (non-hydrogen) atoms. The van der Waals surface area contributed by atoms with E-state index in [1.807, 2.05) is 24.5 Å². The van der Waals surface area contributed by atoms with Crippen LogP contribution in [-0.4, -0.2) is 28.0 Å². The van der Waals surface area contributed by atoms with Gasteiger partial charge in [-0.1, -0.05) is 31.5 Å². The first-order valence-electron chi connectivity index (χ1n) is 7.65. The first-order valence-corrected chi connectivity index (χ1v) is 8.03. The lowest BCUT2D eigenvalue weighted by molar-refractivity contribution is 0.252. The Balaban J connectivity index is 2.20. The summed E-state index contributed by atoms with van der Waals surface area (Å²) >= 11 is 6.48. The average molecular weight is 314 g/mol. The average Bonchev–Trinajstić information content (AvgIpc) is 2.98. The molecule has 114 valence electrons. The Kier molecular flexibility index (Phi) is 4.46. The lowest BCUT2D eigenvalue weighted by atomic mass is 9.97. The minimum Gasteiger partial charge on any atom is -0.361 e. The van der Waals surface area contributed by atoms with Crippen LogP contribution in [0.25, 0.3) is 10.9 Å². The fraction of sp³-hybridized carbons (Fsp3) is 0.278. The third kappa shape index (κ3) is 2.62. The van der Waals surface area contributed by atoms with E-state index >= 15 is 0 Å². The predicted octanol–water partition coefficient (Wildman–Crippen LogP) is 4.65. The highest BCUT2D eigenvalue weighted by Gasteiger charge is 2.23. The summed E-state index contributed by atoms with van der Waals surface area (Å²) in [6, 6.07) is 10.3. The third-order valence-corrected chi connectivity index (χ3v) is 4.49. The summed E-state index contributed by atoms with van der Waals surface area (Å²) < 4.78 is 0. The van der Waals surface area contributed by atoms with Crippen LogP contribution in [0.2, 0.25) is 5.02 Å². The molecule has 4 heteroatoms. The van der Waals surface area contributed by atoms with Crippen molar-refractivity contribution in [3.05, 3.63) is 65.1 Å². The maximum absolute atomic E-state index is 6.48. The van der Waals surface area contributed by atoms with E-state index in [2.05, 4.69) is 53.1 Å². The summed E-state index contributed by atoms with van der Waals surface area (Å²) in [5, 5.41) is 1.90. The summed E-state index contributed by atoms with van der Waals surface area (Å²) in [6.45, 7) is 6.32. The lowest BCUT2D eigenvalue weighted by Gasteiger charge is -2.30. The van der Waals surface area contributed by atoms with Crippen molar-refractivity contribution in [1.29, 1.82) is 0 Å². The Labute approximate surface area is 135 Å². The summed E-state index contributed by atoms with van der Waals surface area (Å²) in [5.74, 6) is 0. The largest absolute Gasteiger partial charge is 0.361 e.